The maximum Gasteiger partial charge on any atom is 0.135 e. The zero-order valence-electron chi connectivity index (χ0n) is 22.2. The molecule has 186 valence electrons. The molecule has 0 fully saturated rings. The van der Waals surface area contributed by atoms with E-state index in [9.17, 15) is 0 Å². The van der Waals surface area contributed by atoms with E-state index >= 15 is 0 Å². The standard InChI is InChI=1S/C32H46O2/c1-5-9-11-13-17-21-33-31-27-19-15-16-20-28(27)32(34-22-18-14-12-10-6-2)30-24-26(8-4)25(7-3)23-29(30)31/h15-16,19-20,23-24H,5-14,17-18,21-22H2,1-4H3. The van der Waals surface area contributed by atoms with Gasteiger partial charge in [-0.1, -0.05) is 103 Å². The maximum absolute atomic E-state index is 6.56. The Morgan fingerprint density at radius 1 is 0.500 bits per heavy atom. The van der Waals surface area contributed by atoms with E-state index in [4.69, 9.17) is 9.47 Å². The molecule has 0 atom stereocenters. The average molecular weight is 463 g/mol. The fourth-order valence-corrected chi connectivity index (χ4v) is 4.96. The van der Waals surface area contributed by atoms with Crippen LogP contribution in [0.5, 0.6) is 11.5 Å². The van der Waals surface area contributed by atoms with Crippen molar-refractivity contribution in [2.45, 2.75) is 105 Å². The predicted octanol–water partition coefficient (Wildman–Crippen LogP) is 9.82. The largest absolute Gasteiger partial charge is 0.492 e. The number of benzene rings is 3. The van der Waals surface area contributed by atoms with Crippen LogP contribution in [-0.4, -0.2) is 13.2 Å². The van der Waals surface area contributed by atoms with Gasteiger partial charge in [-0.25, -0.2) is 0 Å². The SMILES string of the molecule is CCCCCCCOc1c2ccccc2c(OCCCCCCC)c2cc(CC)c(CC)cc12. The lowest BCUT2D eigenvalue weighted by Gasteiger charge is -2.20. The minimum atomic E-state index is 0.775. The van der Waals surface area contributed by atoms with Crippen LogP contribution in [0.25, 0.3) is 21.5 Å². The molecule has 0 N–H and O–H groups in total. The van der Waals surface area contributed by atoms with E-state index in [0.717, 1.165) is 50.4 Å². The zero-order chi connectivity index (χ0) is 24.2. The van der Waals surface area contributed by atoms with E-state index in [1.54, 1.807) is 0 Å². The van der Waals surface area contributed by atoms with Gasteiger partial charge in [0, 0.05) is 21.5 Å². The topological polar surface area (TPSA) is 18.5 Å². The molecular formula is C32H46O2. The third kappa shape index (κ3) is 6.68. The van der Waals surface area contributed by atoms with Crippen molar-refractivity contribution >= 4 is 21.5 Å². The minimum absolute atomic E-state index is 0.775. The predicted molar refractivity (Wildman–Crippen MR) is 149 cm³/mol. The van der Waals surface area contributed by atoms with E-state index in [1.165, 1.54) is 84.0 Å². The molecule has 0 saturated carbocycles. The van der Waals surface area contributed by atoms with Gasteiger partial charge in [0.05, 0.1) is 13.2 Å². The van der Waals surface area contributed by atoms with Crippen molar-refractivity contribution in [1.82, 2.24) is 0 Å². The Balaban J connectivity index is 1.98. The average Bonchev–Trinajstić information content (AvgIpc) is 2.87. The Kier molecular flexibility index (Phi) is 11.1. The monoisotopic (exact) mass is 462 g/mol. The normalized spacial score (nSPS) is 11.4. The number of fused-ring (bicyclic) bond motifs is 2. The molecule has 0 bridgehead atoms. The fourth-order valence-electron chi connectivity index (χ4n) is 4.96. The van der Waals surface area contributed by atoms with Crippen LogP contribution in [0.2, 0.25) is 0 Å². The third-order valence-electron chi connectivity index (χ3n) is 7.00. The van der Waals surface area contributed by atoms with Gasteiger partial charge in [-0.3, -0.25) is 0 Å². The Morgan fingerprint density at radius 3 is 1.29 bits per heavy atom. The van der Waals surface area contributed by atoms with Gasteiger partial charge in [0.1, 0.15) is 11.5 Å². The van der Waals surface area contributed by atoms with Crippen LogP contribution in [0.15, 0.2) is 36.4 Å². The van der Waals surface area contributed by atoms with E-state index in [1.807, 2.05) is 0 Å². The highest BCUT2D eigenvalue weighted by Crippen LogP contribution is 2.44. The van der Waals surface area contributed by atoms with Gasteiger partial charge >= 0.3 is 0 Å². The molecule has 0 aliphatic carbocycles. The lowest BCUT2D eigenvalue weighted by Crippen LogP contribution is -2.03. The first-order valence-corrected chi connectivity index (χ1v) is 14.0. The molecule has 3 aromatic carbocycles. The van der Waals surface area contributed by atoms with Crippen LogP contribution < -0.4 is 9.47 Å². The molecule has 3 rings (SSSR count). The number of hydrogen-bond acceptors (Lipinski definition) is 2. The number of hydrogen-bond donors (Lipinski definition) is 0. The van der Waals surface area contributed by atoms with Crippen LogP contribution in [0, 0.1) is 0 Å². The Hall–Kier alpha value is -2.22. The van der Waals surface area contributed by atoms with Crippen molar-refractivity contribution in [2.75, 3.05) is 13.2 Å². The zero-order valence-corrected chi connectivity index (χ0v) is 22.2. The summed E-state index contributed by atoms with van der Waals surface area (Å²) in [5.41, 5.74) is 2.84. The highest BCUT2D eigenvalue weighted by atomic mass is 16.5. The van der Waals surface area contributed by atoms with Gasteiger partial charge in [0.15, 0.2) is 0 Å². The van der Waals surface area contributed by atoms with Crippen LogP contribution in [0.4, 0.5) is 0 Å². The summed E-state index contributed by atoms with van der Waals surface area (Å²) in [5, 5.41) is 4.77. The van der Waals surface area contributed by atoms with E-state index in [2.05, 4.69) is 64.1 Å². The van der Waals surface area contributed by atoms with E-state index < -0.39 is 0 Å². The summed E-state index contributed by atoms with van der Waals surface area (Å²) in [6.07, 6.45) is 14.5. The number of ether oxygens (including phenoxy) is 2. The second-order valence-corrected chi connectivity index (χ2v) is 9.60. The molecule has 0 amide bonds. The van der Waals surface area contributed by atoms with Crippen molar-refractivity contribution in [3.05, 3.63) is 47.5 Å². The summed E-state index contributed by atoms with van der Waals surface area (Å²) in [4.78, 5) is 0. The molecule has 0 aliphatic rings. The first kappa shape index (κ1) is 26.4. The molecule has 3 aromatic rings. The molecule has 2 nitrogen and oxygen atoms in total. The van der Waals surface area contributed by atoms with Crippen LogP contribution in [-0.2, 0) is 12.8 Å². The van der Waals surface area contributed by atoms with Gasteiger partial charge in [-0.05, 0) is 48.9 Å². The summed E-state index contributed by atoms with van der Waals surface area (Å²) in [6.45, 7) is 10.6. The second kappa shape index (κ2) is 14.2. The molecule has 0 unspecified atom stereocenters. The lowest BCUT2D eigenvalue weighted by molar-refractivity contribution is 0.306. The van der Waals surface area contributed by atoms with Crippen LogP contribution >= 0.6 is 0 Å². The summed E-state index contributed by atoms with van der Waals surface area (Å²) in [7, 11) is 0. The third-order valence-corrected chi connectivity index (χ3v) is 7.00. The first-order valence-electron chi connectivity index (χ1n) is 14.0. The smallest absolute Gasteiger partial charge is 0.135 e. The maximum atomic E-state index is 6.56. The molecule has 0 aliphatic heterocycles. The van der Waals surface area contributed by atoms with E-state index in [0.29, 0.717) is 0 Å². The second-order valence-electron chi connectivity index (χ2n) is 9.60. The first-order chi connectivity index (χ1) is 16.7. The van der Waals surface area contributed by atoms with Gasteiger partial charge in [-0.2, -0.15) is 0 Å². The van der Waals surface area contributed by atoms with Crippen LogP contribution in [0.1, 0.15) is 103 Å². The molecule has 0 spiro atoms. The van der Waals surface area contributed by atoms with Crippen molar-refractivity contribution in [2.24, 2.45) is 0 Å². The summed E-state index contributed by atoms with van der Waals surface area (Å²) in [5.74, 6) is 2.07. The Bertz CT molecular complexity index is 939. The van der Waals surface area contributed by atoms with Crippen molar-refractivity contribution in [3.63, 3.8) is 0 Å². The lowest BCUT2D eigenvalue weighted by atomic mass is 9.93. The van der Waals surface area contributed by atoms with Gasteiger partial charge in [0.2, 0.25) is 0 Å². The van der Waals surface area contributed by atoms with Gasteiger partial charge < -0.3 is 9.47 Å². The summed E-state index contributed by atoms with van der Waals surface area (Å²) < 4.78 is 13.1. The Labute approximate surface area is 208 Å². The number of unbranched alkanes of at least 4 members (excludes halogenated alkanes) is 8. The van der Waals surface area contributed by atoms with Gasteiger partial charge in [0.25, 0.3) is 0 Å². The molecule has 0 saturated heterocycles. The molecule has 0 heterocycles. The molecule has 0 aromatic heterocycles. The number of rotatable bonds is 16. The summed E-state index contributed by atoms with van der Waals surface area (Å²) >= 11 is 0. The van der Waals surface area contributed by atoms with E-state index in [-0.39, 0.29) is 0 Å². The molecule has 34 heavy (non-hydrogen) atoms. The quantitative estimate of drug-likeness (QED) is 0.156. The highest BCUT2D eigenvalue weighted by molar-refractivity contribution is 6.11. The van der Waals surface area contributed by atoms with Crippen molar-refractivity contribution in [1.29, 1.82) is 0 Å². The molecular weight excluding hydrogens is 416 g/mol. The minimum Gasteiger partial charge on any atom is -0.492 e. The number of aryl methyl sites for hydroxylation is 2. The fraction of sp³-hybridized carbons (Fsp3) is 0.562. The van der Waals surface area contributed by atoms with Crippen molar-refractivity contribution < 1.29 is 9.47 Å². The van der Waals surface area contributed by atoms with Crippen molar-refractivity contribution in [3.8, 4) is 11.5 Å². The molecule has 0 radical (unpaired) electrons. The Morgan fingerprint density at radius 2 is 0.912 bits per heavy atom. The molecule has 2 heteroatoms. The highest BCUT2D eigenvalue weighted by Gasteiger charge is 2.18. The summed E-state index contributed by atoms with van der Waals surface area (Å²) in [6, 6.07) is 13.4. The van der Waals surface area contributed by atoms with Gasteiger partial charge in [-0.15, -0.1) is 0 Å². The van der Waals surface area contributed by atoms with Crippen LogP contribution in [0.3, 0.4) is 0 Å².